The second-order valence-electron chi connectivity index (χ2n) is 4.46. The third-order valence-corrected chi connectivity index (χ3v) is 4.87. The summed E-state index contributed by atoms with van der Waals surface area (Å²) in [6, 6.07) is 5.82. The van der Waals surface area contributed by atoms with Crippen molar-refractivity contribution in [2.45, 2.75) is 13.3 Å². The highest BCUT2D eigenvalue weighted by molar-refractivity contribution is 7.90. The largest absolute Gasteiger partial charge is 0.317 e. The summed E-state index contributed by atoms with van der Waals surface area (Å²) in [5.41, 5.74) is 0.0473. The van der Waals surface area contributed by atoms with Crippen molar-refractivity contribution in [2.75, 3.05) is 38.0 Å². The number of nitrogens with one attached hydrogen (secondary N) is 1. The molecule has 0 spiro atoms. The second-order valence-corrected chi connectivity index (χ2v) is 6.52. The number of rotatable bonds is 8. The zero-order valence-corrected chi connectivity index (χ0v) is 13.0. The number of para-hydroxylation sites is 1. The van der Waals surface area contributed by atoms with Crippen molar-refractivity contribution in [2.24, 2.45) is 0 Å². The van der Waals surface area contributed by atoms with Gasteiger partial charge in [0.05, 0.1) is 5.69 Å². The molecule has 0 aromatic heterocycles. The summed E-state index contributed by atoms with van der Waals surface area (Å²) in [6.45, 7) is 3.98. The van der Waals surface area contributed by atoms with E-state index in [0.29, 0.717) is 13.0 Å². The normalized spacial score (nSPS) is 11.8. The SMILES string of the molecule is CCNCCCN(C)S(=O)(=O)N(C)c1ccccc1F. The lowest BCUT2D eigenvalue weighted by Gasteiger charge is -2.26. The predicted molar refractivity (Wildman–Crippen MR) is 79.5 cm³/mol. The van der Waals surface area contributed by atoms with Gasteiger partial charge in [-0.05, 0) is 31.6 Å². The van der Waals surface area contributed by atoms with Crippen LogP contribution in [0.3, 0.4) is 0 Å². The van der Waals surface area contributed by atoms with E-state index in [0.717, 1.165) is 17.4 Å². The van der Waals surface area contributed by atoms with Crippen LogP contribution in [0.4, 0.5) is 10.1 Å². The van der Waals surface area contributed by atoms with Gasteiger partial charge < -0.3 is 5.32 Å². The van der Waals surface area contributed by atoms with Crippen LogP contribution in [-0.2, 0) is 10.2 Å². The molecule has 0 unspecified atom stereocenters. The molecule has 0 heterocycles. The number of anilines is 1. The van der Waals surface area contributed by atoms with E-state index in [9.17, 15) is 12.8 Å². The summed E-state index contributed by atoms with van der Waals surface area (Å²) in [5, 5.41) is 3.13. The molecule has 0 radical (unpaired) electrons. The zero-order valence-electron chi connectivity index (χ0n) is 12.1. The lowest BCUT2D eigenvalue weighted by Crippen LogP contribution is -2.41. The van der Waals surface area contributed by atoms with Crippen LogP contribution in [0.2, 0.25) is 0 Å². The summed E-state index contributed by atoms with van der Waals surface area (Å²) in [7, 11) is -0.849. The molecule has 7 heteroatoms. The molecule has 5 nitrogen and oxygen atoms in total. The summed E-state index contributed by atoms with van der Waals surface area (Å²) < 4.78 is 40.5. The van der Waals surface area contributed by atoms with Crippen LogP contribution in [0.15, 0.2) is 24.3 Å². The van der Waals surface area contributed by atoms with Gasteiger partial charge in [0.25, 0.3) is 0 Å². The molecule has 0 bridgehead atoms. The van der Waals surface area contributed by atoms with Gasteiger partial charge in [-0.15, -0.1) is 0 Å². The Bertz CT molecular complexity index is 522. The Labute approximate surface area is 120 Å². The van der Waals surface area contributed by atoms with Crippen LogP contribution in [-0.4, -0.2) is 46.5 Å². The van der Waals surface area contributed by atoms with Crippen LogP contribution < -0.4 is 9.62 Å². The quantitative estimate of drug-likeness (QED) is 0.739. The molecular weight excluding hydrogens is 281 g/mol. The monoisotopic (exact) mass is 303 g/mol. The van der Waals surface area contributed by atoms with Gasteiger partial charge in [0.1, 0.15) is 5.82 Å². The Balaban J connectivity index is 2.75. The van der Waals surface area contributed by atoms with Crippen molar-refractivity contribution in [3.05, 3.63) is 30.1 Å². The first-order chi connectivity index (χ1) is 9.41. The fourth-order valence-corrected chi connectivity index (χ4v) is 2.93. The van der Waals surface area contributed by atoms with Crippen LogP contribution in [0.25, 0.3) is 0 Å². The fourth-order valence-electron chi connectivity index (χ4n) is 1.76. The fraction of sp³-hybridized carbons (Fsp3) is 0.538. The van der Waals surface area contributed by atoms with Crippen LogP contribution >= 0.6 is 0 Å². The van der Waals surface area contributed by atoms with Gasteiger partial charge in [-0.3, -0.25) is 4.31 Å². The van der Waals surface area contributed by atoms with Crippen LogP contribution in [0, 0.1) is 5.82 Å². The average Bonchev–Trinajstić information content (AvgIpc) is 2.43. The van der Waals surface area contributed by atoms with Crippen molar-refractivity contribution in [3.63, 3.8) is 0 Å². The topological polar surface area (TPSA) is 52.7 Å². The summed E-state index contributed by atoms with van der Waals surface area (Å²) in [4.78, 5) is 0. The molecule has 1 rings (SSSR count). The maximum Gasteiger partial charge on any atom is 0.303 e. The Hall–Kier alpha value is -1.18. The minimum atomic E-state index is -3.70. The number of hydrogen-bond donors (Lipinski definition) is 1. The third-order valence-electron chi connectivity index (χ3n) is 3.01. The van der Waals surface area contributed by atoms with Gasteiger partial charge in [0.15, 0.2) is 0 Å². The van der Waals surface area contributed by atoms with E-state index < -0.39 is 16.0 Å². The zero-order chi connectivity index (χ0) is 15.2. The molecule has 0 atom stereocenters. The minimum absolute atomic E-state index is 0.0473. The Morgan fingerprint density at radius 2 is 1.90 bits per heavy atom. The molecule has 1 N–H and O–H groups in total. The number of benzene rings is 1. The number of hydrogen-bond acceptors (Lipinski definition) is 3. The van der Waals surface area contributed by atoms with Crippen molar-refractivity contribution in [1.29, 1.82) is 0 Å². The molecule has 1 aromatic carbocycles. The van der Waals surface area contributed by atoms with Gasteiger partial charge in [0, 0.05) is 20.6 Å². The maximum atomic E-state index is 13.7. The maximum absolute atomic E-state index is 13.7. The van der Waals surface area contributed by atoms with E-state index >= 15 is 0 Å². The summed E-state index contributed by atoms with van der Waals surface area (Å²) in [5.74, 6) is -0.556. The van der Waals surface area contributed by atoms with Gasteiger partial charge in [0.2, 0.25) is 0 Å². The molecule has 0 aliphatic carbocycles. The molecular formula is C13H22FN3O2S. The molecule has 1 aromatic rings. The first kappa shape index (κ1) is 16.9. The minimum Gasteiger partial charge on any atom is -0.317 e. The van der Waals surface area contributed by atoms with E-state index in [2.05, 4.69) is 5.32 Å². The molecule has 0 aliphatic heterocycles. The van der Waals surface area contributed by atoms with Crippen molar-refractivity contribution in [1.82, 2.24) is 9.62 Å². The molecule has 0 fully saturated rings. The Morgan fingerprint density at radius 3 is 2.50 bits per heavy atom. The number of halogens is 1. The van der Waals surface area contributed by atoms with Crippen LogP contribution in [0.5, 0.6) is 0 Å². The second kappa shape index (κ2) is 7.56. The molecule has 114 valence electrons. The van der Waals surface area contributed by atoms with Crippen molar-refractivity contribution < 1.29 is 12.8 Å². The highest BCUT2D eigenvalue weighted by Gasteiger charge is 2.25. The van der Waals surface area contributed by atoms with E-state index in [1.54, 1.807) is 6.07 Å². The van der Waals surface area contributed by atoms with Gasteiger partial charge in [-0.25, -0.2) is 4.39 Å². The Kier molecular flexibility index (Phi) is 6.38. The molecule has 0 saturated carbocycles. The predicted octanol–water partition coefficient (Wildman–Crippen LogP) is 1.44. The van der Waals surface area contributed by atoms with Crippen molar-refractivity contribution >= 4 is 15.9 Å². The Morgan fingerprint density at radius 1 is 1.25 bits per heavy atom. The van der Waals surface area contributed by atoms with Crippen molar-refractivity contribution in [3.8, 4) is 0 Å². The van der Waals surface area contributed by atoms with Gasteiger partial charge in [-0.1, -0.05) is 19.1 Å². The average molecular weight is 303 g/mol. The first-order valence-corrected chi connectivity index (χ1v) is 7.96. The third kappa shape index (κ3) is 4.16. The van der Waals surface area contributed by atoms with E-state index in [1.165, 1.54) is 36.6 Å². The van der Waals surface area contributed by atoms with E-state index in [1.807, 2.05) is 6.92 Å². The molecule has 20 heavy (non-hydrogen) atoms. The highest BCUT2D eigenvalue weighted by Crippen LogP contribution is 2.21. The van der Waals surface area contributed by atoms with E-state index in [4.69, 9.17) is 0 Å². The smallest absolute Gasteiger partial charge is 0.303 e. The van der Waals surface area contributed by atoms with Crippen LogP contribution in [0.1, 0.15) is 13.3 Å². The standard InChI is InChI=1S/C13H22FN3O2S/c1-4-15-10-7-11-16(2)20(18,19)17(3)13-9-6-5-8-12(13)14/h5-6,8-9,15H,4,7,10-11H2,1-3H3. The highest BCUT2D eigenvalue weighted by atomic mass is 32.2. The summed E-state index contributed by atoms with van der Waals surface area (Å²) >= 11 is 0. The molecule has 0 saturated heterocycles. The van der Waals surface area contributed by atoms with Gasteiger partial charge in [-0.2, -0.15) is 12.7 Å². The van der Waals surface area contributed by atoms with Gasteiger partial charge >= 0.3 is 10.2 Å². The lowest BCUT2D eigenvalue weighted by atomic mass is 10.3. The summed E-state index contributed by atoms with van der Waals surface area (Å²) in [6.07, 6.45) is 0.703. The lowest BCUT2D eigenvalue weighted by molar-refractivity contribution is 0.454. The first-order valence-electron chi connectivity index (χ1n) is 6.56. The molecule has 0 aliphatic rings. The molecule has 0 amide bonds. The number of nitrogens with zero attached hydrogens (tertiary/aromatic N) is 2. The van der Waals surface area contributed by atoms with E-state index in [-0.39, 0.29) is 5.69 Å².